The lowest BCUT2D eigenvalue weighted by Crippen LogP contribution is -2.49. The minimum absolute atomic E-state index is 0.0127. The lowest BCUT2D eigenvalue weighted by molar-refractivity contribution is 0.0745. The van der Waals surface area contributed by atoms with E-state index in [9.17, 15) is 13.6 Å². The van der Waals surface area contributed by atoms with E-state index in [1.165, 1.54) is 18.4 Å². The number of anilines is 2. The Kier molecular flexibility index (Phi) is 9.29. The van der Waals surface area contributed by atoms with Crippen LogP contribution in [0.1, 0.15) is 61.0 Å². The van der Waals surface area contributed by atoms with Gasteiger partial charge in [-0.05, 0) is 37.0 Å². The number of rotatable bonds is 11. The molecule has 1 unspecified atom stereocenters. The highest BCUT2D eigenvalue weighted by Crippen LogP contribution is 2.26. The summed E-state index contributed by atoms with van der Waals surface area (Å²) in [6, 6.07) is 11.3. The molecule has 1 saturated heterocycles. The zero-order valence-corrected chi connectivity index (χ0v) is 24.6. The number of halogens is 2. The summed E-state index contributed by atoms with van der Waals surface area (Å²) < 4.78 is 29.5. The SMILES string of the molecule is CCCCC(CC)CNc1nc(N2CCN(C(=O)c3cc(F)cc(F)c3)CC2)nc2c1ncn2Cc1cccc(C)c1. The Morgan fingerprint density at radius 2 is 1.79 bits per heavy atom. The predicted octanol–water partition coefficient (Wildman–Crippen LogP) is 6.05. The molecule has 0 saturated carbocycles. The molecule has 0 spiro atoms. The summed E-state index contributed by atoms with van der Waals surface area (Å²) in [6.45, 7) is 9.72. The van der Waals surface area contributed by atoms with Gasteiger partial charge in [-0.2, -0.15) is 9.97 Å². The van der Waals surface area contributed by atoms with Gasteiger partial charge in [0.05, 0.1) is 12.9 Å². The van der Waals surface area contributed by atoms with Gasteiger partial charge in [-0.3, -0.25) is 4.79 Å². The molecule has 1 atom stereocenters. The van der Waals surface area contributed by atoms with Crippen molar-refractivity contribution in [1.82, 2.24) is 24.4 Å². The fraction of sp³-hybridized carbons (Fsp3) is 0.438. The molecule has 0 bridgehead atoms. The number of imidazole rings is 1. The van der Waals surface area contributed by atoms with Crippen LogP contribution >= 0.6 is 0 Å². The fourth-order valence-corrected chi connectivity index (χ4v) is 5.47. The maximum atomic E-state index is 13.7. The Bertz CT molecular complexity index is 1510. The van der Waals surface area contributed by atoms with Gasteiger partial charge >= 0.3 is 0 Å². The topological polar surface area (TPSA) is 79.2 Å². The molecule has 222 valence electrons. The van der Waals surface area contributed by atoms with Gasteiger partial charge in [0, 0.05) is 44.4 Å². The van der Waals surface area contributed by atoms with Crippen LogP contribution in [0.25, 0.3) is 11.2 Å². The Morgan fingerprint density at radius 3 is 2.48 bits per heavy atom. The van der Waals surface area contributed by atoms with Crippen molar-refractivity contribution >= 4 is 28.8 Å². The molecule has 3 heterocycles. The van der Waals surface area contributed by atoms with Gasteiger partial charge in [-0.15, -0.1) is 0 Å². The number of nitrogens with one attached hydrogen (secondary N) is 1. The lowest BCUT2D eigenvalue weighted by Gasteiger charge is -2.35. The molecule has 1 fully saturated rings. The van der Waals surface area contributed by atoms with Gasteiger partial charge in [0.1, 0.15) is 11.6 Å². The number of aromatic nitrogens is 4. The van der Waals surface area contributed by atoms with Gasteiger partial charge < -0.3 is 19.7 Å². The Morgan fingerprint density at radius 1 is 1.02 bits per heavy atom. The largest absolute Gasteiger partial charge is 0.368 e. The van der Waals surface area contributed by atoms with Crippen molar-refractivity contribution in [2.45, 2.75) is 53.0 Å². The van der Waals surface area contributed by atoms with E-state index in [0.29, 0.717) is 50.4 Å². The number of piperazine rings is 1. The number of unbranched alkanes of at least 4 members (excludes halogenated alkanes) is 1. The Balaban J connectivity index is 1.39. The summed E-state index contributed by atoms with van der Waals surface area (Å²) in [5, 5.41) is 3.58. The quantitative estimate of drug-likeness (QED) is 0.235. The van der Waals surface area contributed by atoms with Gasteiger partial charge in [-0.1, -0.05) is 62.9 Å². The lowest BCUT2D eigenvalue weighted by atomic mass is 9.99. The number of benzene rings is 2. The van der Waals surface area contributed by atoms with E-state index in [1.807, 2.05) is 10.9 Å². The van der Waals surface area contributed by atoms with Gasteiger partial charge in [0.25, 0.3) is 5.91 Å². The second-order valence-corrected chi connectivity index (χ2v) is 11.1. The maximum Gasteiger partial charge on any atom is 0.254 e. The van der Waals surface area contributed by atoms with Crippen molar-refractivity contribution in [2.75, 3.05) is 42.9 Å². The van der Waals surface area contributed by atoms with Crippen LogP contribution in [-0.4, -0.2) is 63.0 Å². The van der Waals surface area contributed by atoms with Crippen molar-refractivity contribution in [3.8, 4) is 0 Å². The van der Waals surface area contributed by atoms with Crippen molar-refractivity contribution in [3.63, 3.8) is 0 Å². The molecule has 42 heavy (non-hydrogen) atoms. The van der Waals surface area contributed by atoms with Gasteiger partial charge in [-0.25, -0.2) is 13.8 Å². The molecule has 10 heteroatoms. The third-order valence-electron chi connectivity index (χ3n) is 7.95. The van der Waals surface area contributed by atoms with Crippen molar-refractivity contribution < 1.29 is 13.6 Å². The van der Waals surface area contributed by atoms with E-state index in [1.54, 1.807) is 4.90 Å². The standard InChI is InChI=1S/C32H39F2N7O/c1-4-6-9-23(5-2)19-35-29-28-30(41(21-36-28)20-24-10-7-8-22(3)15-24)38-32(37-29)40-13-11-39(12-14-40)31(42)25-16-26(33)18-27(34)17-25/h7-8,10,15-18,21,23H,4-6,9,11-14,19-20H2,1-3H3,(H,35,37,38). The summed E-state index contributed by atoms with van der Waals surface area (Å²) in [5.41, 5.74) is 3.85. The molecule has 5 rings (SSSR count). The second kappa shape index (κ2) is 13.3. The van der Waals surface area contributed by atoms with E-state index < -0.39 is 11.6 Å². The Hall–Kier alpha value is -4.08. The van der Waals surface area contributed by atoms with Crippen LogP contribution in [-0.2, 0) is 6.54 Å². The molecular weight excluding hydrogens is 536 g/mol. The minimum atomic E-state index is -0.763. The van der Waals surface area contributed by atoms with E-state index in [0.717, 1.165) is 54.3 Å². The number of hydrogen-bond acceptors (Lipinski definition) is 6. The van der Waals surface area contributed by atoms with Gasteiger partial charge in [0.2, 0.25) is 5.95 Å². The normalized spacial score (nSPS) is 14.4. The molecular formula is C32H39F2N7O. The van der Waals surface area contributed by atoms with Crippen LogP contribution in [0.3, 0.4) is 0 Å². The number of hydrogen-bond donors (Lipinski definition) is 1. The number of amides is 1. The number of carbonyl (C=O) groups excluding carboxylic acids is 1. The molecule has 8 nitrogen and oxygen atoms in total. The average Bonchev–Trinajstić information content (AvgIpc) is 3.39. The van der Waals surface area contributed by atoms with Crippen LogP contribution in [0, 0.1) is 24.5 Å². The number of fused-ring (bicyclic) bond motifs is 1. The fourth-order valence-electron chi connectivity index (χ4n) is 5.47. The predicted molar refractivity (Wildman–Crippen MR) is 162 cm³/mol. The van der Waals surface area contributed by atoms with Gasteiger partial charge in [0.15, 0.2) is 17.0 Å². The summed E-state index contributed by atoms with van der Waals surface area (Å²) in [6.07, 6.45) is 6.43. The summed E-state index contributed by atoms with van der Waals surface area (Å²) in [4.78, 5) is 31.2. The Labute approximate surface area is 245 Å². The smallest absolute Gasteiger partial charge is 0.254 e. The summed E-state index contributed by atoms with van der Waals surface area (Å²) >= 11 is 0. The zero-order chi connectivity index (χ0) is 29.6. The molecule has 1 N–H and O–H groups in total. The maximum absolute atomic E-state index is 13.7. The molecule has 1 amide bonds. The van der Waals surface area contributed by atoms with Crippen molar-refractivity contribution in [1.29, 1.82) is 0 Å². The molecule has 1 aliphatic heterocycles. The third kappa shape index (κ3) is 6.86. The number of carbonyl (C=O) groups is 1. The van der Waals surface area contributed by atoms with E-state index in [-0.39, 0.29) is 11.5 Å². The monoisotopic (exact) mass is 575 g/mol. The first-order valence-corrected chi connectivity index (χ1v) is 14.9. The van der Waals surface area contributed by atoms with Crippen LogP contribution in [0.15, 0.2) is 48.8 Å². The van der Waals surface area contributed by atoms with E-state index >= 15 is 0 Å². The first-order valence-electron chi connectivity index (χ1n) is 14.9. The zero-order valence-electron chi connectivity index (χ0n) is 24.6. The summed E-state index contributed by atoms with van der Waals surface area (Å²) in [7, 11) is 0. The molecule has 2 aromatic carbocycles. The van der Waals surface area contributed by atoms with Crippen LogP contribution in [0.5, 0.6) is 0 Å². The van der Waals surface area contributed by atoms with E-state index in [2.05, 4.69) is 55.3 Å². The van der Waals surface area contributed by atoms with E-state index in [4.69, 9.17) is 15.0 Å². The second-order valence-electron chi connectivity index (χ2n) is 11.1. The highest BCUT2D eigenvalue weighted by atomic mass is 19.1. The highest BCUT2D eigenvalue weighted by molar-refractivity contribution is 5.94. The number of nitrogens with zero attached hydrogens (tertiary/aromatic N) is 6. The highest BCUT2D eigenvalue weighted by Gasteiger charge is 2.26. The molecule has 0 radical (unpaired) electrons. The molecule has 2 aromatic heterocycles. The van der Waals surface area contributed by atoms with Crippen molar-refractivity contribution in [2.24, 2.45) is 5.92 Å². The minimum Gasteiger partial charge on any atom is -0.368 e. The third-order valence-corrected chi connectivity index (χ3v) is 7.95. The summed E-state index contributed by atoms with van der Waals surface area (Å²) in [5.74, 6) is -0.0964. The first-order chi connectivity index (χ1) is 20.3. The van der Waals surface area contributed by atoms with Crippen molar-refractivity contribution in [3.05, 3.63) is 77.1 Å². The van der Waals surface area contributed by atoms with Crippen LogP contribution in [0.4, 0.5) is 20.5 Å². The molecule has 0 aliphatic carbocycles. The number of aryl methyl sites for hydroxylation is 1. The molecule has 1 aliphatic rings. The average molecular weight is 576 g/mol. The molecule has 4 aromatic rings. The first kappa shape index (κ1) is 29.4. The van der Waals surface area contributed by atoms with Crippen LogP contribution < -0.4 is 10.2 Å². The van der Waals surface area contributed by atoms with Crippen LogP contribution in [0.2, 0.25) is 0 Å².